The summed E-state index contributed by atoms with van der Waals surface area (Å²) < 4.78 is 11.1. The van der Waals surface area contributed by atoms with Gasteiger partial charge in [-0.15, -0.1) is 0 Å². The number of benzene rings is 1. The molecule has 3 rings (SSSR count). The minimum absolute atomic E-state index is 0.0646. The summed E-state index contributed by atoms with van der Waals surface area (Å²) in [6.45, 7) is 7.44. The number of ether oxygens (including phenoxy) is 1. The molecule has 0 radical (unpaired) electrons. The van der Waals surface area contributed by atoms with E-state index in [2.05, 4.69) is 17.0 Å². The van der Waals surface area contributed by atoms with Crippen molar-refractivity contribution in [2.75, 3.05) is 50.8 Å². The lowest BCUT2D eigenvalue weighted by Gasteiger charge is -2.34. The second kappa shape index (κ2) is 10.5. The number of quaternary nitrogens is 1. The van der Waals surface area contributed by atoms with Crippen molar-refractivity contribution in [1.29, 1.82) is 5.26 Å². The molecule has 1 aromatic heterocycles. The summed E-state index contributed by atoms with van der Waals surface area (Å²) in [7, 11) is 0. The molecule has 29 heavy (non-hydrogen) atoms. The predicted molar refractivity (Wildman–Crippen MR) is 110 cm³/mol. The molecule has 2 aromatic rings. The van der Waals surface area contributed by atoms with E-state index < -0.39 is 0 Å². The van der Waals surface area contributed by atoms with E-state index >= 15 is 0 Å². The van der Waals surface area contributed by atoms with Gasteiger partial charge in [0, 0.05) is 6.54 Å². The van der Waals surface area contributed by atoms with Crippen molar-refractivity contribution in [2.24, 2.45) is 0 Å². The molecule has 7 nitrogen and oxygen atoms in total. The molecule has 0 unspecified atom stereocenters. The van der Waals surface area contributed by atoms with Crippen LogP contribution in [0.5, 0.6) is 5.75 Å². The van der Waals surface area contributed by atoms with E-state index in [0.717, 1.165) is 43.4 Å². The first-order chi connectivity index (χ1) is 14.2. The molecule has 154 valence electrons. The number of carbonyl (C=O) groups excluding carboxylic acids is 1. The molecule has 1 N–H and O–H groups in total. The van der Waals surface area contributed by atoms with Gasteiger partial charge in [0.05, 0.1) is 63.8 Å². The van der Waals surface area contributed by atoms with Crippen LogP contribution < -0.4 is 14.5 Å². The van der Waals surface area contributed by atoms with Gasteiger partial charge in [0.25, 0.3) is 5.91 Å². The number of nitrogens with one attached hydrogen (secondary N) is 1. The number of anilines is 1. The zero-order valence-electron chi connectivity index (χ0n) is 17.0. The Kier molecular flexibility index (Phi) is 7.54. The Labute approximate surface area is 172 Å². The van der Waals surface area contributed by atoms with E-state index in [1.807, 2.05) is 37.3 Å². The number of hydrogen-bond donors (Lipinski definition) is 1. The Bertz CT molecular complexity index is 808. The van der Waals surface area contributed by atoms with Crippen LogP contribution in [0.2, 0.25) is 0 Å². The topological polar surface area (TPSA) is 74.2 Å². The van der Waals surface area contributed by atoms with Crippen molar-refractivity contribution in [1.82, 2.24) is 4.90 Å². The van der Waals surface area contributed by atoms with Crippen LogP contribution in [0.15, 0.2) is 47.1 Å². The van der Waals surface area contributed by atoms with Gasteiger partial charge in [0.2, 0.25) is 0 Å². The molecule has 0 bridgehead atoms. The van der Waals surface area contributed by atoms with Crippen LogP contribution in [-0.4, -0.2) is 56.7 Å². The average molecular weight is 397 g/mol. The number of nitrogens with zero attached hydrogens (tertiary/aromatic N) is 3. The standard InChI is InChI=1S/C22H28N4O3/c1-2-28-21-9-4-3-8-20(21)25-14-12-24(13-15-25)18-22(27)26(11-6-10-23)17-19-7-5-16-29-19/h3-5,7-9,16H,2,6,11-15,17-18H2,1H3/p+1. The SMILES string of the molecule is CCOc1ccccc1N1CC[NH+](CC(=O)N(CCC#N)Cc2ccco2)CC1. The Morgan fingerprint density at radius 2 is 2.07 bits per heavy atom. The minimum Gasteiger partial charge on any atom is -0.492 e. The highest BCUT2D eigenvalue weighted by Crippen LogP contribution is 2.27. The fourth-order valence-corrected chi connectivity index (χ4v) is 3.63. The number of nitriles is 1. The molecular weight excluding hydrogens is 368 g/mol. The largest absolute Gasteiger partial charge is 0.492 e. The number of rotatable bonds is 9. The lowest BCUT2D eigenvalue weighted by Crippen LogP contribution is -3.15. The first-order valence-corrected chi connectivity index (χ1v) is 10.2. The molecule has 1 saturated heterocycles. The molecule has 7 heteroatoms. The van der Waals surface area contributed by atoms with E-state index in [1.165, 1.54) is 4.90 Å². The first kappa shape index (κ1) is 20.7. The van der Waals surface area contributed by atoms with Gasteiger partial charge in [0.15, 0.2) is 6.54 Å². The molecule has 0 spiro atoms. The number of piperazine rings is 1. The molecule has 2 heterocycles. The number of amides is 1. The summed E-state index contributed by atoms with van der Waals surface area (Å²) in [6.07, 6.45) is 1.93. The molecule has 0 saturated carbocycles. The Hall–Kier alpha value is -2.98. The number of carbonyl (C=O) groups is 1. The summed E-state index contributed by atoms with van der Waals surface area (Å²) in [5, 5.41) is 8.91. The smallest absolute Gasteiger partial charge is 0.278 e. The van der Waals surface area contributed by atoms with Crippen LogP contribution in [0.4, 0.5) is 5.69 Å². The van der Waals surface area contributed by atoms with Crippen LogP contribution in [0.1, 0.15) is 19.1 Å². The minimum atomic E-state index is 0.0646. The van der Waals surface area contributed by atoms with Gasteiger partial charge in [0.1, 0.15) is 11.5 Å². The number of para-hydroxylation sites is 2. The third kappa shape index (κ3) is 5.75. The van der Waals surface area contributed by atoms with Crippen LogP contribution in [0.3, 0.4) is 0 Å². The first-order valence-electron chi connectivity index (χ1n) is 10.2. The summed E-state index contributed by atoms with van der Waals surface area (Å²) in [4.78, 5) is 18.2. The van der Waals surface area contributed by atoms with Crippen molar-refractivity contribution in [3.63, 3.8) is 0 Å². The highest BCUT2D eigenvalue weighted by molar-refractivity contribution is 5.77. The second-order valence-electron chi connectivity index (χ2n) is 7.12. The van der Waals surface area contributed by atoms with E-state index in [9.17, 15) is 4.79 Å². The zero-order chi connectivity index (χ0) is 20.5. The average Bonchev–Trinajstić information content (AvgIpc) is 3.25. The van der Waals surface area contributed by atoms with Gasteiger partial charge in [-0.05, 0) is 31.2 Å². The number of furan rings is 1. The van der Waals surface area contributed by atoms with E-state index in [4.69, 9.17) is 14.4 Å². The fraction of sp³-hybridized carbons (Fsp3) is 0.455. The Morgan fingerprint density at radius 3 is 2.76 bits per heavy atom. The monoisotopic (exact) mass is 397 g/mol. The van der Waals surface area contributed by atoms with Gasteiger partial charge in [-0.1, -0.05) is 12.1 Å². The Morgan fingerprint density at radius 1 is 1.28 bits per heavy atom. The van der Waals surface area contributed by atoms with Crippen LogP contribution in [0.25, 0.3) is 0 Å². The van der Waals surface area contributed by atoms with Crippen LogP contribution >= 0.6 is 0 Å². The van der Waals surface area contributed by atoms with Gasteiger partial charge < -0.3 is 23.9 Å². The summed E-state index contributed by atoms with van der Waals surface area (Å²) >= 11 is 0. The molecular formula is C22H29N4O3+. The van der Waals surface area contributed by atoms with E-state index in [1.54, 1.807) is 11.2 Å². The molecule has 0 aliphatic carbocycles. The third-order valence-corrected chi connectivity index (χ3v) is 5.15. The maximum Gasteiger partial charge on any atom is 0.278 e. The van der Waals surface area contributed by atoms with Crippen molar-refractivity contribution in [2.45, 2.75) is 19.9 Å². The predicted octanol–water partition coefficient (Wildman–Crippen LogP) is 1.33. The maximum absolute atomic E-state index is 12.9. The van der Waals surface area contributed by atoms with Gasteiger partial charge in [-0.2, -0.15) is 5.26 Å². The zero-order valence-corrected chi connectivity index (χ0v) is 17.0. The number of hydrogen-bond acceptors (Lipinski definition) is 5. The molecule has 1 fully saturated rings. The van der Waals surface area contributed by atoms with E-state index in [0.29, 0.717) is 32.7 Å². The lowest BCUT2D eigenvalue weighted by molar-refractivity contribution is -0.892. The van der Waals surface area contributed by atoms with Crippen LogP contribution in [0, 0.1) is 11.3 Å². The van der Waals surface area contributed by atoms with Gasteiger partial charge in [-0.3, -0.25) is 4.79 Å². The van der Waals surface area contributed by atoms with Gasteiger partial charge in [-0.25, -0.2) is 0 Å². The van der Waals surface area contributed by atoms with Crippen molar-refractivity contribution >= 4 is 11.6 Å². The molecule has 0 atom stereocenters. The third-order valence-electron chi connectivity index (χ3n) is 5.15. The van der Waals surface area contributed by atoms with Crippen molar-refractivity contribution in [3.05, 3.63) is 48.4 Å². The lowest BCUT2D eigenvalue weighted by atomic mass is 10.2. The van der Waals surface area contributed by atoms with Gasteiger partial charge >= 0.3 is 0 Å². The van der Waals surface area contributed by atoms with Crippen molar-refractivity contribution < 1.29 is 18.8 Å². The van der Waals surface area contributed by atoms with Crippen molar-refractivity contribution in [3.8, 4) is 11.8 Å². The fourth-order valence-electron chi connectivity index (χ4n) is 3.63. The quantitative estimate of drug-likeness (QED) is 0.691. The van der Waals surface area contributed by atoms with E-state index in [-0.39, 0.29) is 5.91 Å². The molecule has 1 amide bonds. The maximum atomic E-state index is 12.9. The second-order valence-corrected chi connectivity index (χ2v) is 7.12. The highest BCUT2D eigenvalue weighted by atomic mass is 16.5. The molecule has 1 aliphatic rings. The molecule has 1 aliphatic heterocycles. The van der Waals surface area contributed by atoms with Crippen LogP contribution in [-0.2, 0) is 11.3 Å². The highest BCUT2D eigenvalue weighted by Gasteiger charge is 2.26. The summed E-state index contributed by atoms with van der Waals surface area (Å²) in [6, 6.07) is 13.9. The Balaban J connectivity index is 1.55. The summed E-state index contributed by atoms with van der Waals surface area (Å²) in [5.74, 6) is 1.72. The normalized spacial score (nSPS) is 14.4. The molecule has 1 aromatic carbocycles. The summed E-state index contributed by atoms with van der Waals surface area (Å²) in [5.41, 5.74) is 1.12.